The highest BCUT2D eigenvalue weighted by Crippen LogP contribution is 2.43. The van der Waals surface area contributed by atoms with E-state index in [4.69, 9.17) is 0 Å². The summed E-state index contributed by atoms with van der Waals surface area (Å²) in [5.41, 5.74) is 11.5. The average Bonchev–Trinajstić information content (AvgIpc) is 3.07. The average molecular weight is 476 g/mol. The maximum atomic E-state index is 2.61. The van der Waals surface area contributed by atoms with Crippen LogP contribution < -0.4 is 4.57 Å². The fraction of sp³-hybridized carbons (Fsp3) is 0.382. The van der Waals surface area contributed by atoms with E-state index in [9.17, 15) is 0 Å². The summed E-state index contributed by atoms with van der Waals surface area (Å²) in [6.45, 7) is 18.6. The number of fused-ring (bicyclic) bond motifs is 5. The second kappa shape index (κ2) is 7.44. The summed E-state index contributed by atoms with van der Waals surface area (Å²) in [6, 6.07) is 16.7. The van der Waals surface area contributed by atoms with Gasteiger partial charge in [-0.05, 0) is 83.4 Å². The molecule has 36 heavy (non-hydrogen) atoms. The summed E-state index contributed by atoms with van der Waals surface area (Å²) in [5.74, 6) is 0. The van der Waals surface area contributed by atoms with Crippen LogP contribution in [0.3, 0.4) is 0 Å². The van der Waals surface area contributed by atoms with Crippen LogP contribution in [0.1, 0.15) is 63.8 Å². The van der Waals surface area contributed by atoms with Crippen LogP contribution in [-0.2, 0) is 19.9 Å². The van der Waals surface area contributed by atoms with Crippen LogP contribution in [0.5, 0.6) is 0 Å². The lowest BCUT2D eigenvalue weighted by Gasteiger charge is -2.22. The monoisotopic (exact) mass is 475 g/mol. The lowest BCUT2D eigenvalue weighted by molar-refractivity contribution is -0.643. The van der Waals surface area contributed by atoms with E-state index in [1.807, 2.05) is 0 Å². The van der Waals surface area contributed by atoms with Gasteiger partial charge in [0.15, 0.2) is 6.20 Å². The molecule has 3 aromatic carbocycles. The van der Waals surface area contributed by atoms with Gasteiger partial charge in [0.25, 0.3) is 0 Å². The molecule has 3 heterocycles. The van der Waals surface area contributed by atoms with Crippen LogP contribution in [-0.4, -0.2) is 4.40 Å². The Kier molecular flexibility index (Phi) is 4.81. The third kappa shape index (κ3) is 3.41. The second-order valence-electron chi connectivity index (χ2n) is 13.6. The zero-order valence-corrected chi connectivity index (χ0v) is 23.4. The first-order valence-corrected chi connectivity index (χ1v) is 13.4. The molecule has 184 valence electrons. The third-order valence-corrected chi connectivity index (χ3v) is 7.91. The maximum absolute atomic E-state index is 2.61. The van der Waals surface area contributed by atoms with Gasteiger partial charge in [0.1, 0.15) is 7.05 Å². The third-order valence-electron chi connectivity index (χ3n) is 7.91. The van der Waals surface area contributed by atoms with Gasteiger partial charge in [0.2, 0.25) is 5.52 Å². The molecule has 2 nitrogen and oxygen atoms in total. The molecule has 2 heteroatoms. The fourth-order valence-electron chi connectivity index (χ4n) is 6.45. The van der Waals surface area contributed by atoms with Gasteiger partial charge in [0, 0.05) is 16.8 Å². The molecule has 6 aromatic rings. The van der Waals surface area contributed by atoms with Crippen molar-refractivity contribution in [2.24, 2.45) is 17.9 Å². The van der Waals surface area contributed by atoms with Crippen molar-refractivity contribution in [3.05, 3.63) is 70.9 Å². The Hall–Kier alpha value is -3.13. The largest absolute Gasteiger partial charge is 0.307 e. The number of hydrogen-bond acceptors (Lipinski definition) is 0. The summed E-state index contributed by atoms with van der Waals surface area (Å²) < 4.78 is 4.96. The molecule has 0 saturated heterocycles. The first-order chi connectivity index (χ1) is 16.8. The van der Waals surface area contributed by atoms with E-state index >= 15 is 0 Å². The minimum Gasteiger partial charge on any atom is -0.307 e. The topological polar surface area (TPSA) is 8.29 Å². The molecular formula is C34H39N2+. The Balaban J connectivity index is 1.92. The number of benzene rings is 3. The van der Waals surface area contributed by atoms with Gasteiger partial charge in [-0.1, -0.05) is 59.7 Å². The van der Waals surface area contributed by atoms with E-state index in [0.717, 1.165) is 12.8 Å². The number of aryl methyl sites for hydroxylation is 3. The smallest absolute Gasteiger partial charge is 0.224 e. The first kappa shape index (κ1) is 23.3. The highest BCUT2D eigenvalue weighted by atomic mass is 15.0. The molecule has 0 aliphatic heterocycles. The van der Waals surface area contributed by atoms with Crippen molar-refractivity contribution in [3.8, 4) is 0 Å². The molecule has 0 spiro atoms. The van der Waals surface area contributed by atoms with E-state index in [1.54, 1.807) is 0 Å². The standard InChI is InChI=1S/C34H39N2/c1-20-16-26-25-17-22(18-33(3,4)5)10-13-27(25)36-30-24(19-34(6,7)8)12-11-23-14-15-35(9)32(29(23)30)28(21(20)2)31(26)36/h10-17H,18-19H2,1-9H3/q+1. The molecule has 0 saturated carbocycles. The molecule has 6 rings (SSSR count). The van der Waals surface area contributed by atoms with Gasteiger partial charge in [-0.2, -0.15) is 0 Å². The first-order valence-electron chi connectivity index (χ1n) is 13.4. The summed E-state index contributed by atoms with van der Waals surface area (Å²) in [4.78, 5) is 0. The van der Waals surface area contributed by atoms with Gasteiger partial charge in [-0.3, -0.25) is 0 Å². The van der Waals surface area contributed by atoms with E-state index in [2.05, 4.69) is 120 Å². The van der Waals surface area contributed by atoms with E-state index < -0.39 is 0 Å². The lowest BCUT2D eigenvalue weighted by atomic mass is 9.86. The van der Waals surface area contributed by atoms with Crippen molar-refractivity contribution in [2.75, 3.05) is 0 Å². The minimum absolute atomic E-state index is 0.201. The molecule has 0 N–H and O–H groups in total. The van der Waals surface area contributed by atoms with Gasteiger partial charge in [0.05, 0.1) is 27.3 Å². The molecule has 3 aromatic heterocycles. The second-order valence-corrected chi connectivity index (χ2v) is 13.6. The predicted octanol–water partition coefficient (Wildman–Crippen LogP) is 8.61. The number of nitrogens with zero attached hydrogens (tertiary/aromatic N) is 2. The van der Waals surface area contributed by atoms with Gasteiger partial charge >= 0.3 is 0 Å². The van der Waals surface area contributed by atoms with Crippen LogP contribution in [0.4, 0.5) is 0 Å². The molecule has 0 unspecified atom stereocenters. The van der Waals surface area contributed by atoms with Crippen LogP contribution in [0.2, 0.25) is 0 Å². The molecular weight excluding hydrogens is 436 g/mol. The molecule has 0 atom stereocenters. The Labute approximate surface area is 214 Å². The molecule has 0 aliphatic carbocycles. The van der Waals surface area contributed by atoms with Gasteiger partial charge in [-0.15, -0.1) is 0 Å². The molecule has 0 fully saturated rings. The molecule has 0 bridgehead atoms. The minimum atomic E-state index is 0.201. The van der Waals surface area contributed by atoms with Crippen LogP contribution in [0, 0.1) is 24.7 Å². The molecule has 0 amide bonds. The highest BCUT2D eigenvalue weighted by Gasteiger charge is 2.27. The zero-order valence-electron chi connectivity index (χ0n) is 23.4. The van der Waals surface area contributed by atoms with Crippen molar-refractivity contribution >= 4 is 49.0 Å². The zero-order chi connectivity index (χ0) is 25.7. The SMILES string of the molecule is Cc1cc2c3cc(CC(C)(C)C)ccc3n3c4c(CC(C)(C)C)ccc5cc[n+](C)c(c(c1C)c23)c54. The number of hydrogen-bond donors (Lipinski definition) is 0. The Morgan fingerprint density at radius 2 is 1.47 bits per heavy atom. The summed E-state index contributed by atoms with van der Waals surface area (Å²) in [6.07, 6.45) is 4.35. The van der Waals surface area contributed by atoms with Crippen molar-refractivity contribution in [2.45, 2.75) is 68.2 Å². The Morgan fingerprint density at radius 1 is 0.750 bits per heavy atom. The van der Waals surface area contributed by atoms with Crippen molar-refractivity contribution < 1.29 is 4.57 Å². The summed E-state index contributed by atoms with van der Waals surface area (Å²) in [7, 11) is 2.21. The van der Waals surface area contributed by atoms with Crippen LogP contribution in [0.25, 0.3) is 49.0 Å². The number of pyridine rings is 2. The van der Waals surface area contributed by atoms with E-state index in [1.165, 1.54) is 71.3 Å². The number of aromatic nitrogens is 2. The van der Waals surface area contributed by atoms with Crippen molar-refractivity contribution in [1.29, 1.82) is 0 Å². The Morgan fingerprint density at radius 3 is 2.17 bits per heavy atom. The fourth-order valence-corrected chi connectivity index (χ4v) is 6.45. The predicted molar refractivity (Wildman–Crippen MR) is 156 cm³/mol. The lowest BCUT2D eigenvalue weighted by Crippen LogP contribution is -2.29. The van der Waals surface area contributed by atoms with Crippen LogP contribution in [0.15, 0.2) is 48.7 Å². The van der Waals surface area contributed by atoms with Gasteiger partial charge in [-0.25, -0.2) is 4.57 Å². The van der Waals surface area contributed by atoms with Crippen molar-refractivity contribution in [3.63, 3.8) is 0 Å². The summed E-state index contributed by atoms with van der Waals surface area (Å²) >= 11 is 0. The normalized spacial score (nSPS) is 13.4. The van der Waals surface area contributed by atoms with E-state index in [0.29, 0.717) is 0 Å². The molecule has 0 aliphatic rings. The summed E-state index contributed by atoms with van der Waals surface area (Å²) in [5, 5.41) is 6.87. The van der Waals surface area contributed by atoms with Crippen LogP contribution >= 0.6 is 0 Å². The van der Waals surface area contributed by atoms with Crippen molar-refractivity contribution in [1.82, 2.24) is 4.40 Å². The highest BCUT2D eigenvalue weighted by molar-refractivity contribution is 6.26. The van der Waals surface area contributed by atoms with Gasteiger partial charge < -0.3 is 4.40 Å². The number of rotatable bonds is 2. The quantitative estimate of drug-likeness (QED) is 0.135. The maximum Gasteiger partial charge on any atom is 0.224 e. The molecule has 0 radical (unpaired) electrons. The van der Waals surface area contributed by atoms with E-state index in [-0.39, 0.29) is 10.8 Å². The Bertz CT molecular complexity index is 1820.